The molecule has 0 saturated heterocycles. The standard InChI is InChI=1S/C18H9Cl2FN4O2S/c19-11-1-3-13(14(20)5-11)16-9-28-18(24-16)10(7-22)8-23-12-2-4-15(21)17(6-12)25(26)27/h1-6,8-9,23H/b10-8-. The minimum Gasteiger partial charge on any atom is -0.360 e. The van der Waals surface area contributed by atoms with Crippen LogP contribution in [-0.2, 0) is 0 Å². The molecule has 3 rings (SSSR count). The Morgan fingerprint density at radius 1 is 1.32 bits per heavy atom. The highest BCUT2D eigenvalue weighted by Gasteiger charge is 2.15. The van der Waals surface area contributed by atoms with Gasteiger partial charge < -0.3 is 5.32 Å². The van der Waals surface area contributed by atoms with Gasteiger partial charge in [-0.1, -0.05) is 23.2 Å². The minimum atomic E-state index is -0.940. The Labute approximate surface area is 172 Å². The summed E-state index contributed by atoms with van der Waals surface area (Å²) >= 11 is 13.3. The normalized spacial score (nSPS) is 11.1. The lowest BCUT2D eigenvalue weighted by atomic mass is 10.2. The van der Waals surface area contributed by atoms with Gasteiger partial charge in [-0.05, 0) is 30.3 Å². The smallest absolute Gasteiger partial charge is 0.306 e. The van der Waals surface area contributed by atoms with E-state index in [1.54, 1.807) is 23.6 Å². The Bertz CT molecular complexity index is 1140. The summed E-state index contributed by atoms with van der Waals surface area (Å²) in [6.07, 6.45) is 1.35. The molecule has 1 aromatic heterocycles. The van der Waals surface area contributed by atoms with Crippen molar-refractivity contribution in [1.29, 1.82) is 5.26 Å². The molecular formula is C18H9Cl2FN4O2S. The van der Waals surface area contributed by atoms with Gasteiger partial charge in [-0.3, -0.25) is 10.1 Å². The maximum absolute atomic E-state index is 13.4. The molecule has 0 radical (unpaired) electrons. The van der Waals surface area contributed by atoms with Crippen LogP contribution >= 0.6 is 34.5 Å². The molecular weight excluding hydrogens is 426 g/mol. The maximum atomic E-state index is 13.4. The van der Waals surface area contributed by atoms with E-state index in [9.17, 15) is 19.8 Å². The zero-order valence-electron chi connectivity index (χ0n) is 13.8. The van der Waals surface area contributed by atoms with Crippen molar-refractivity contribution < 1.29 is 9.31 Å². The summed E-state index contributed by atoms with van der Waals surface area (Å²) in [4.78, 5) is 14.4. The second-order valence-corrected chi connectivity index (χ2v) is 7.10. The molecule has 0 fully saturated rings. The zero-order valence-corrected chi connectivity index (χ0v) is 16.1. The number of nitrogens with zero attached hydrogens (tertiary/aromatic N) is 3. The maximum Gasteiger partial charge on any atom is 0.306 e. The molecule has 10 heteroatoms. The molecule has 0 saturated carbocycles. The van der Waals surface area contributed by atoms with Crippen LogP contribution in [0.1, 0.15) is 5.01 Å². The summed E-state index contributed by atoms with van der Waals surface area (Å²) in [7, 11) is 0. The van der Waals surface area contributed by atoms with Crippen LogP contribution in [-0.4, -0.2) is 9.91 Å². The van der Waals surface area contributed by atoms with Crippen LogP contribution < -0.4 is 5.32 Å². The second kappa shape index (κ2) is 8.35. The van der Waals surface area contributed by atoms with Crippen LogP contribution in [0.3, 0.4) is 0 Å². The van der Waals surface area contributed by atoms with Crippen LogP contribution in [0.25, 0.3) is 16.8 Å². The van der Waals surface area contributed by atoms with Crippen LogP contribution in [0, 0.1) is 27.3 Å². The third-order valence-corrected chi connectivity index (χ3v) is 5.01. The van der Waals surface area contributed by atoms with Gasteiger partial charge in [0.25, 0.3) is 0 Å². The van der Waals surface area contributed by atoms with Crippen LogP contribution in [0.15, 0.2) is 48.0 Å². The van der Waals surface area contributed by atoms with Crippen molar-refractivity contribution >= 4 is 51.5 Å². The molecule has 1 heterocycles. The summed E-state index contributed by atoms with van der Waals surface area (Å²) in [5.41, 5.74) is 1.06. The van der Waals surface area contributed by atoms with Gasteiger partial charge in [0, 0.05) is 33.9 Å². The molecule has 6 nitrogen and oxygen atoms in total. The van der Waals surface area contributed by atoms with E-state index < -0.39 is 16.4 Å². The molecule has 0 bridgehead atoms. The lowest BCUT2D eigenvalue weighted by Gasteiger charge is -2.02. The number of benzene rings is 2. The van der Waals surface area contributed by atoms with E-state index >= 15 is 0 Å². The first-order valence-corrected chi connectivity index (χ1v) is 9.24. The zero-order chi connectivity index (χ0) is 20.3. The van der Waals surface area contributed by atoms with Crippen molar-refractivity contribution in [2.45, 2.75) is 0 Å². The molecule has 0 aliphatic carbocycles. The van der Waals surface area contributed by atoms with Crippen molar-refractivity contribution in [3.8, 4) is 17.3 Å². The Morgan fingerprint density at radius 3 is 2.79 bits per heavy atom. The van der Waals surface area contributed by atoms with E-state index in [0.29, 0.717) is 26.3 Å². The summed E-state index contributed by atoms with van der Waals surface area (Å²) < 4.78 is 13.4. The number of aromatic nitrogens is 1. The largest absolute Gasteiger partial charge is 0.360 e. The van der Waals surface area contributed by atoms with Crippen molar-refractivity contribution in [3.63, 3.8) is 0 Å². The first kappa shape index (κ1) is 19.8. The van der Waals surface area contributed by atoms with Gasteiger partial charge >= 0.3 is 5.69 Å². The number of nitrogens with one attached hydrogen (secondary N) is 1. The quantitative estimate of drug-likeness (QED) is 0.295. The van der Waals surface area contributed by atoms with Gasteiger partial charge in [0.1, 0.15) is 16.6 Å². The molecule has 0 spiro atoms. The first-order valence-electron chi connectivity index (χ1n) is 7.61. The molecule has 0 unspecified atom stereocenters. The summed E-state index contributed by atoms with van der Waals surface area (Å²) in [5, 5.41) is 26.1. The lowest BCUT2D eigenvalue weighted by molar-refractivity contribution is -0.387. The predicted octanol–water partition coefficient (Wildman–Crippen LogP) is 6.14. The Morgan fingerprint density at radius 2 is 2.11 bits per heavy atom. The van der Waals surface area contributed by atoms with Gasteiger partial charge in [0.15, 0.2) is 0 Å². The molecule has 0 atom stereocenters. The number of nitro groups is 1. The number of halogens is 3. The van der Waals surface area contributed by atoms with Crippen molar-refractivity contribution in [1.82, 2.24) is 4.98 Å². The third-order valence-electron chi connectivity index (χ3n) is 3.59. The highest BCUT2D eigenvalue weighted by atomic mass is 35.5. The number of nitro benzene ring substituents is 1. The summed E-state index contributed by atoms with van der Waals surface area (Å²) in [6.45, 7) is 0. The summed E-state index contributed by atoms with van der Waals surface area (Å²) in [5.74, 6) is -0.940. The molecule has 140 valence electrons. The molecule has 0 amide bonds. The fourth-order valence-electron chi connectivity index (χ4n) is 2.26. The summed E-state index contributed by atoms with van der Waals surface area (Å²) in [6, 6.07) is 10.4. The average molecular weight is 435 g/mol. The van der Waals surface area contributed by atoms with Crippen LogP contribution in [0.5, 0.6) is 0 Å². The average Bonchev–Trinajstić information content (AvgIpc) is 3.13. The predicted molar refractivity (Wildman–Crippen MR) is 108 cm³/mol. The number of hydrogen-bond acceptors (Lipinski definition) is 6. The topological polar surface area (TPSA) is 91.8 Å². The first-order chi connectivity index (χ1) is 13.4. The highest BCUT2D eigenvalue weighted by Crippen LogP contribution is 2.32. The third kappa shape index (κ3) is 4.28. The van der Waals surface area contributed by atoms with E-state index in [1.807, 2.05) is 6.07 Å². The highest BCUT2D eigenvalue weighted by molar-refractivity contribution is 7.11. The van der Waals surface area contributed by atoms with E-state index in [1.165, 1.54) is 23.6 Å². The fourth-order valence-corrected chi connectivity index (χ4v) is 3.55. The fraction of sp³-hybridized carbons (Fsp3) is 0. The molecule has 0 aliphatic heterocycles. The molecule has 2 aromatic carbocycles. The monoisotopic (exact) mass is 434 g/mol. The number of allylic oxidation sites excluding steroid dienone is 1. The lowest BCUT2D eigenvalue weighted by Crippen LogP contribution is -1.96. The van der Waals surface area contributed by atoms with Crippen LogP contribution in [0.4, 0.5) is 15.8 Å². The number of anilines is 1. The van der Waals surface area contributed by atoms with Crippen molar-refractivity contribution in [3.05, 3.63) is 79.0 Å². The Balaban J connectivity index is 1.86. The number of thiazole rings is 1. The van der Waals surface area contributed by atoms with Gasteiger partial charge in [-0.2, -0.15) is 9.65 Å². The van der Waals surface area contributed by atoms with E-state index in [4.69, 9.17) is 23.2 Å². The van der Waals surface area contributed by atoms with Gasteiger partial charge in [0.05, 0.1) is 15.6 Å². The Hall–Kier alpha value is -2.99. The molecule has 28 heavy (non-hydrogen) atoms. The Kier molecular flexibility index (Phi) is 5.90. The minimum absolute atomic E-state index is 0.202. The van der Waals surface area contributed by atoms with Crippen molar-refractivity contribution in [2.24, 2.45) is 0 Å². The van der Waals surface area contributed by atoms with Crippen LogP contribution in [0.2, 0.25) is 10.0 Å². The second-order valence-electron chi connectivity index (χ2n) is 5.40. The van der Waals surface area contributed by atoms with E-state index in [0.717, 1.165) is 12.1 Å². The SMILES string of the molecule is N#C/C(=C/Nc1ccc(F)c([N+](=O)[O-])c1)c1nc(-c2ccc(Cl)cc2Cl)cs1. The molecule has 1 N–H and O–H groups in total. The van der Waals surface area contributed by atoms with Gasteiger partial charge in [-0.25, -0.2) is 4.98 Å². The van der Waals surface area contributed by atoms with Gasteiger partial charge in [0.2, 0.25) is 5.82 Å². The van der Waals surface area contributed by atoms with Gasteiger partial charge in [-0.15, -0.1) is 11.3 Å². The molecule has 3 aromatic rings. The number of nitriles is 1. The van der Waals surface area contributed by atoms with E-state index in [2.05, 4.69) is 10.3 Å². The number of hydrogen-bond donors (Lipinski definition) is 1. The molecule has 0 aliphatic rings. The number of rotatable bonds is 5. The van der Waals surface area contributed by atoms with E-state index in [-0.39, 0.29) is 11.3 Å². The van der Waals surface area contributed by atoms with Crippen molar-refractivity contribution in [2.75, 3.05) is 5.32 Å².